The highest BCUT2D eigenvalue weighted by Gasteiger charge is 2.41. The molecule has 0 bridgehead atoms. The van der Waals surface area contributed by atoms with Gasteiger partial charge >= 0.3 is 0 Å². The van der Waals surface area contributed by atoms with Crippen molar-refractivity contribution in [2.75, 3.05) is 23.5 Å². The average Bonchev–Trinajstić information content (AvgIpc) is 3.17. The van der Waals surface area contributed by atoms with Crippen molar-refractivity contribution in [2.24, 2.45) is 5.41 Å². The van der Waals surface area contributed by atoms with Gasteiger partial charge in [-0.05, 0) is 43.2 Å². The maximum atomic E-state index is 12.3. The van der Waals surface area contributed by atoms with Crippen molar-refractivity contribution in [3.8, 4) is 0 Å². The summed E-state index contributed by atoms with van der Waals surface area (Å²) in [6.45, 7) is 2.69. The minimum atomic E-state index is -3.19. The molecule has 0 heterocycles. The minimum Gasteiger partial charge on any atom is -0.383 e. The van der Waals surface area contributed by atoms with Crippen LogP contribution in [0, 0.1) is 5.41 Å². The van der Waals surface area contributed by atoms with E-state index in [9.17, 15) is 8.42 Å². The fourth-order valence-electron chi connectivity index (χ4n) is 2.44. The molecule has 5 heteroatoms. The predicted octanol–water partition coefficient (Wildman–Crippen LogP) is 3.69. The van der Waals surface area contributed by atoms with Gasteiger partial charge in [-0.3, -0.25) is 0 Å². The molecule has 0 unspecified atom stereocenters. The molecule has 1 aliphatic carbocycles. The fourth-order valence-corrected chi connectivity index (χ4v) is 4.36. The van der Waals surface area contributed by atoms with Crippen LogP contribution in [0.5, 0.6) is 0 Å². The van der Waals surface area contributed by atoms with Gasteiger partial charge in [0.2, 0.25) is 0 Å². The molecule has 1 aromatic rings. The molecule has 1 aromatic carbocycles. The number of hydrogen-bond donors (Lipinski definition) is 1. The summed E-state index contributed by atoms with van der Waals surface area (Å²) in [5, 5.41) is 3.33. The number of nitrogens with one attached hydrogen (secondary N) is 1. The van der Waals surface area contributed by atoms with Crippen molar-refractivity contribution in [2.45, 2.75) is 37.5 Å². The van der Waals surface area contributed by atoms with Crippen LogP contribution in [0.4, 0.5) is 5.69 Å². The molecule has 20 heavy (non-hydrogen) atoms. The lowest BCUT2D eigenvalue weighted by Gasteiger charge is -2.17. The highest BCUT2D eigenvalue weighted by molar-refractivity contribution is 7.91. The molecular weight excluding hydrogens is 294 g/mol. The van der Waals surface area contributed by atoms with E-state index in [0.29, 0.717) is 17.2 Å². The topological polar surface area (TPSA) is 46.2 Å². The van der Waals surface area contributed by atoms with Crippen LogP contribution in [-0.2, 0) is 9.84 Å². The number of para-hydroxylation sites is 1. The van der Waals surface area contributed by atoms with Crippen LogP contribution in [0.15, 0.2) is 29.2 Å². The first-order valence-corrected chi connectivity index (χ1v) is 9.33. The second kappa shape index (κ2) is 6.35. The summed E-state index contributed by atoms with van der Waals surface area (Å²) in [6, 6.07) is 7.18. The zero-order valence-electron chi connectivity index (χ0n) is 11.9. The summed E-state index contributed by atoms with van der Waals surface area (Å²) in [5.74, 6) is 0.857. The lowest BCUT2D eigenvalue weighted by atomic mass is 10.0. The van der Waals surface area contributed by atoms with Gasteiger partial charge in [0, 0.05) is 12.4 Å². The minimum absolute atomic E-state index is 0.193. The predicted molar refractivity (Wildman–Crippen MR) is 84.3 cm³/mol. The first-order valence-electron chi connectivity index (χ1n) is 7.15. The molecule has 2 rings (SSSR count). The molecule has 0 saturated heterocycles. The normalized spacial score (nSPS) is 16.9. The van der Waals surface area contributed by atoms with Crippen molar-refractivity contribution in [1.29, 1.82) is 0 Å². The third kappa shape index (κ3) is 3.67. The van der Waals surface area contributed by atoms with Gasteiger partial charge in [0.05, 0.1) is 16.3 Å². The number of rotatable bonds is 8. The Labute approximate surface area is 126 Å². The fraction of sp³-hybridized carbons (Fsp3) is 0.600. The van der Waals surface area contributed by atoms with E-state index in [1.54, 1.807) is 12.1 Å². The quantitative estimate of drug-likeness (QED) is 0.744. The van der Waals surface area contributed by atoms with Crippen LogP contribution in [0.2, 0.25) is 0 Å². The first kappa shape index (κ1) is 15.6. The largest absolute Gasteiger partial charge is 0.383 e. The molecule has 0 atom stereocenters. The van der Waals surface area contributed by atoms with E-state index in [0.717, 1.165) is 18.7 Å². The molecule has 1 saturated carbocycles. The van der Waals surface area contributed by atoms with Crippen LogP contribution in [0.1, 0.15) is 32.6 Å². The van der Waals surface area contributed by atoms with Gasteiger partial charge in [-0.25, -0.2) is 8.42 Å². The van der Waals surface area contributed by atoms with Crippen LogP contribution < -0.4 is 5.32 Å². The monoisotopic (exact) mass is 315 g/mol. The molecule has 0 spiro atoms. The summed E-state index contributed by atoms with van der Waals surface area (Å²) >= 11 is 5.83. The maximum Gasteiger partial charge on any atom is 0.180 e. The van der Waals surface area contributed by atoms with Crippen molar-refractivity contribution >= 4 is 27.1 Å². The number of alkyl halides is 1. The number of sulfone groups is 1. The number of anilines is 1. The molecular formula is C15H22ClNO2S. The van der Waals surface area contributed by atoms with Gasteiger partial charge in [0.15, 0.2) is 9.84 Å². The summed E-state index contributed by atoms with van der Waals surface area (Å²) in [6.07, 6.45) is 3.98. The maximum absolute atomic E-state index is 12.3. The standard InChI is InChI=1S/C15H22ClNO2S/c1-2-11-20(18,19)14-6-4-3-5-13(14)17-12-15(7-8-15)9-10-16/h3-6,17H,2,7-12H2,1H3. The van der Waals surface area contributed by atoms with E-state index in [-0.39, 0.29) is 11.2 Å². The average molecular weight is 316 g/mol. The second-order valence-corrected chi connectivity index (χ2v) is 8.06. The third-order valence-corrected chi connectivity index (χ3v) is 6.09. The third-order valence-electron chi connectivity index (χ3n) is 3.93. The van der Waals surface area contributed by atoms with E-state index in [2.05, 4.69) is 5.32 Å². The Kier molecular flexibility index (Phi) is 4.97. The highest BCUT2D eigenvalue weighted by atomic mass is 35.5. The Morgan fingerprint density at radius 2 is 2.00 bits per heavy atom. The molecule has 112 valence electrons. The van der Waals surface area contributed by atoms with E-state index in [1.807, 2.05) is 19.1 Å². The Bertz CT molecular complexity index is 553. The molecule has 0 radical (unpaired) electrons. The van der Waals surface area contributed by atoms with Gasteiger partial charge in [0.25, 0.3) is 0 Å². The van der Waals surface area contributed by atoms with E-state index in [1.165, 1.54) is 12.8 Å². The van der Waals surface area contributed by atoms with Crippen molar-refractivity contribution in [3.63, 3.8) is 0 Å². The highest BCUT2D eigenvalue weighted by Crippen LogP contribution is 2.49. The van der Waals surface area contributed by atoms with Crippen molar-refractivity contribution in [3.05, 3.63) is 24.3 Å². The van der Waals surface area contributed by atoms with Crippen LogP contribution in [0.3, 0.4) is 0 Å². The molecule has 0 aromatic heterocycles. The smallest absolute Gasteiger partial charge is 0.180 e. The number of hydrogen-bond acceptors (Lipinski definition) is 3. The zero-order chi connectivity index (χ0) is 14.6. The van der Waals surface area contributed by atoms with E-state index < -0.39 is 9.84 Å². The van der Waals surface area contributed by atoms with Gasteiger partial charge in [0.1, 0.15) is 0 Å². The SMILES string of the molecule is CCCS(=O)(=O)c1ccccc1NCC1(CCCl)CC1. The van der Waals surface area contributed by atoms with Crippen molar-refractivity contribution in [1.82, 2.24) is 0 Å². The lowest BCUT2D eigenvalue weighted by Crippen LogP contribution is -2.18. The summed E-state index contributed by atoms with van der Waals surface area (Å²) in [5.41, 5.74) is 1.01. The van der Waals surface area contributed by atoms with Gasteiger partial charge < -0.3 is 5.32 Å². The summed E-state index contributed by atoms with van der Waals surface area (Å²) in [4.78, 5) is 0.420. The van der Waals surface area contributed by atoms with Gasteiger partial charge in [-0.2, -0.15) is 0 Å². The molecule has 1 N–H and O–H groups in total. The first-order chi connectivity index (χ1) is 9.53. The van der Waals surface area contributed by atoms with E-state index >= 15 is 0 Å². The molecule has 0 amide bonds. The molecule has 1 aliphatic rings. The molecule has 3 nitrogen and oxygen atoms in total. The number of halogens is 1. The van der Waals surface area contributed by atoms with Crippen LogP contribution in [-0.4, -0.2) is 26.6 Å². The van der Waals surface area contributed by atoms with Crippen LogP contribution >= 0.6 is 11.6 Å². The van der Waals surface area contributed by atoms with Gasteiger partial charge in [-0.15, -0.1) is 11.6 Å². The Balaban J connectivity index is 2.13. The summed E-state index contributed by atoms with van der Waals surface area (Å²) in [7, 11) is -3.19. The Hall–Kier alpha value is -0.740. The zero-order valence-corrected chi connectivity index (χ0v) is 13.4. The Morgan fingerprint density at radius 1 is 1.30 bits per heavy atom. The Morgan fingerprint density at radius 3 is 2.60 bits per heavy atom. The molecule has 0 aliphatic heterocycles. The summed E-state index contributed by atoms with van der Waals surface area (Å²) < 4.78 is 24.5. The van der Waals surface area contributed by atoms with Gasteiger partial charge in [-0.1, -0.05) is 19.1 Å². The molecule has 1 fully saturated rings. The lowest BCUT2D eigenvalue weighted by molar-refractivity contribution is 0.524. The van der Waals surface area contributed by atoms with Crippen LogP contribution in [0.25, 0.3) is 0 Å². The number of benzene rings is 1. The second-order valence-electron chi connectivity index (χ2n) is 5.61. The van der Waals surface area contributed by atoms with E-state index in [4.69, 9.17) is 11.6 Å². The van der Waals surface area contributed by atoms with Crippen molar-refractivity contribution < 1.29 is 8.42 Å².